The van der Waals surface area contributed by atoms with E-state index in [0.29, 0.717) is 17.2 Å². The predicted octanol–water partition coefficient (Wildman–Crippen LogP) is 2.11. The van der Waals surface area contributed by atoms with Crippen LogP contribution in [0.25, 0.3) is 0 Å². The molecule has 0 N–H and O–H groups in total. The normalized spacial score (nSPS) is 19.5. The van der Waals surface area contributed by atoms with Crippen molar-refractivity contribution >= 4 is 15.4 Å². The molecule has 3 nitrogen and oxygen atoms in total. The van der Waals surface area contributed by atoms with Crippen molar-refractivity contribution in [3.05, 3.63) is 24.3 Å². The zero-order valence-corrected chi connectivity index (χ0v) is 8.47. The third-order valence-corrected chi connectivity index (χ3v) is 4.56. The first kappa shape index (κ1) is 9.58. The summed E-state index contributed by atoms with van der Waals surface area (Å²) in [4.78, 5) is 3.42. The maximum absolute atomic E-state index is 12.7. The molecular weight excluding hydrogens is 203 g/mol. The van der Waals surface area contributed by atoms with Gasteiger partial charge in [0.25, 0.3) is 0 Å². The Morgan fingerprint density at radius 3 is 2.79 bits per heavy atom. The van der Waals surface area contributed by atoms with Crippen LogP contribution < -0.4 is 0 Å². The summed E-state index contributed by atoms with van der Waals surface area (Å²) in [6, 6.07) is 2.79. The predicted molar refractivity (Wildman–Crippen MR) is 53.4 cm³/mol. The van der Waals surface area contributed by atoms with E-state index in [-0.39, 0.29) is 0 Å². The van der Waals surface area contributed by atoms with Gasteiger partial charge in [-0.1, -0.05) is 0 Å². The summed E-state index contributed by atoms with van der Waals surface area (Å²) in [6.45, 7) is 0. The topological polar surface area (TPSA) is 42.3 Å². The van der Waals surface area contributed by atoms with Gasteiger partial charge < -0.3 is 0 Å². The van der Waals surface area contributed by atoms with E-state index in [2.05, 4.69) is 9.35 Å². The van der Waals surface area contributed by atoms with E-state index < -0.39 is 15.7 Å². The fourth-order valence-corrected chi connectivity index (χ4v) is 3.68. The highest BCUT2D eigenvalue weighted by atomic mass is 32.2. The van der Waals surface area contributed by atoms with Gasteiger partial charge in [-0.05, 0) is 18.9 Å². The Bertz CT molecular complexity index is 440. The summed E-state index contributed by atoms with van der Waals surface area (Å²) in [6.07, 6.45) is 3.25. The van der Waals surface area contributed by atoms with Crippen LogP contribution in [0.2, 0.25) is 0 Å². The second-order valence-electron chi connectivity index (χ2n) is 3.32. The molecular formula is C9H11FN2OS. The monoisotopic (exact) mass is 214 g/mol. The Hall–Kier alpha value is -0.970. The molecule has 1 aliphatic heterocycles. The molecule has 76 valence electrons. The molecule has 0 amide bonds. The van der Waals surface area contributed by atoms with Crippen LogP contribution in [0.3, 0.4) is 0 Å². The number of aromatic nitrogens is 1. The molecule has 0 atom stereocenters. The average molecular weight is 214 g/mol. The summed E-state index contributed by atoms with van der Waals surface area (Å²) >= 11 is 0. The highest BCUT2D eigenvalue weighted by molar-refractivity contribution is 7.93. The Labute approximate surface area is 82.5 Å². The van der Waals surface area contributed by atoms with Gasteiger partial charge in [-0.25, -0.2) is 9.19 Å². The van der Waals surface area contributed by atoms with Crippen LogP contribution >= 0.6 is 0 Å². The van der Waals surface area contributed by atoms with Crippen LogP contribution in [0.1, 0.15) is 12.8 Å². The first-order valence-corrected chi connectivity index (χ1v) is 6.37. The molecule has 0 bridgehead atoms. The lowest BCUT2D eigenvalue weighted by molar-refractivity contribution is 0.584. The number of rotatable bonds is 1. The lowest BCUT2D eigenvalue weighted by atomic mass is 10.4. The Morgan fingerprint density at radius 1 is 1.43 bits per heavy atom. The van der Waals surface area contributed by atoms with Crippen molar-refractivity contribution in [3.8, 4) is 0 Å². The van der Waals surface area contributed by atoms with Crippen LogP contribution in [0.15, 0.2) is 22.7 Å². The van der Waals surface area contributed by atoms with Crippen LogP contribution in [0, 0.1) is 5.95 Å². The molecule has 1 aromatic rings. The van der Waals surface area contributed by atoms with Crippen LogP contribution in [0.4, 0.5) is 10.1 Å². The second-order valence-corrected chi connectivity index (χ2v) is 5.86. The fraction of sp³-hybridized carbons (Fsp3) is 0.444. The van der Waals surface area contributed by atoms with Gasteiger partial charge >= 0.3 is 0 Å². The summed E-state index contributed by atoms with van der Waals surface area (Å²) in [5.74, 6) is 0.695. The zero-order valence-electron chi connectivity index (χ0n) is 7.65. The van der Waals surface area contributed by atoms with Crippen molar-refractivity contribution < 1.29 is 8.60 Å². The van der Waals surface area contributed by atoms with Gasteiger partial charge in [-0.15, -0.1) is 0 Å². The van der Waals surface area contributed by atoms with E-state index in [9.17, 15) is 8.60 Å². The van der Waals surface area contributed by atoms with Crippen LogP contribution in [-0.4, -0.2) is 20.7 Å². The molecule has 0 spiro atoms. The van der Waals surface area contributed by atoms with E-state index >= 15 is 0 Å². The Morgan fingerprint density at radius 2 is 2.14 bits per heavy atom. The average Bonchev–Trinajstić information content (AvgIpc) is 2.51. The zero-order chi connectivity index (χ0) is 10.0. The van der Waals surface area contributed by atoms with Gasteiger partial charge in [0.05, 0.1) is 15.4 Å². The van der Waals surface area contributed by atoms with Gasteiger partial charge in [0.15, 0.2) is 0 Å². The van der Waals surface area contributed by atoms with E-state index in [1.54, 1.807) is 6.07 Å². The van der Waals surface area contributed by atoms with E-state index in [1.165, 1.54) is 12.3 Å². The molecule has 0 saturated carbocycles. The van der Waals surface area contributed by atoms with Gasteiger partial charge in [-0.3, -0.25) is 0 Å². The molecule has 1 fully saturated rings. The number of halogens is 1. The number of nitrogens with zero attached hydrogens (tertiary/aromatic N) is 2. The number of hydrogen-bond acceptors (Lipinski definition) is 3. The third-order valence-electron chi connectivity index (χ3n) is 2.16. The van der Waals surface area contributed by atoms with Gasteiger partial charge in [-0.2, -0.15) is 8.75 Å². The van der Waals surface area contributed by atoms with Crippen molar-refractivity contribution in [1.82, 2.24) is 4.98 Å². The van der Waals surface area contributed by atoms with Gasteiger partial charge in [0.1, 0.15) is 0 Å². The van der Waals surface area contributed by atoms with Crippen molar-refractivity contribution in [2.45, 2.75) is 12.8 Å². The van der Waals surface area contributed by atoms with Crippen molar-refractivity contribution in [3.63, 3.8) is 0 Å². The lowest BCUT2D eigenvalue weighted by Gasteiger charge is -1.99. The van der Waals surface area contributed by atoms with Crippen molar-refractivity contribution in [2.75, 3.05) is 11.5 Å². The van der Waals surface area contributed by atoms with E-state index in [0.717, 1.165) is 12.8 Å². The highest BCUT2D eigenvalue weighted by Crippen LogP contribution is 2.20. The largest absolute Gasteiger partial charge is 0.249 e. The molecule has 0 radical (unpaired) electrons. The summed E-state index contributed by atoms with van der Waals surface area (Å²) < 4.78 is 28.8. The lowest BCUT2D eigenvalue weighted by Crippen LogP contribution is -1.99. The van der Waals surface area contributed by atoms with Crippen molar-refractivity contribution in [2.24, 2.45) is 4.36 Å². The molecule has 0 aliphatic carbocycles. The Kier molecular flexibility index (Phi) is 2.50. The molecule has 2 heterocycles. The molecule has 0 aromatic carbocycles. The molecule has 1 saturated heterocycles. The minimum atomic E-state index is -2.09. The maximum atomic E-state index is 12.7. The summed E-state index contributed by atoms with van der Waals surface area (Å²) in [5, 5.41) is 0. The number of hydrogen-bond donors (Lipinski definition) is 0. The van der Waals surface area contributed by atoms with E-state index in [4.69, 9.17) is 0 Å². The minimum absolute atomic E-state index is 0.435. The molecule has 0 unspecified atom stereocenters. The van der Waals surface area contributed by atoms with Gasteiger partial charge in [0, 0.05) is 23.8 Å². The summed E-state index contributed by atoms with van der Waals surface area (Å²) in [5.41, 5.74) is 0.435. The number of pyridine rings is 1. The fourth-order valence-electron chi connectivity index (χ4n) is 1.49. The molecule has 14 heavy (non-hydrogen) atoms. The third kappa shape index (κ3) is 2.09. The van der Waals surface area contributed by atoms with Gasteiger partial charge in [0.2, 0.25) is 5.95 Å². The van der Waals surface area contributed by atoms with Crippen LogP contribution in [-0.2, 0) is 9.73 Å². The molecule has 1 aromatic heterocycles. The smallest absolute Gasteiger partial charge is 0.214 e. The molecule has 1 aliphatic rings. The maximum Gasteiger partial charge on any atom is 0.214 e. The highest BCUT2D eigenvalue weighted by Gasteiger charge is 2.16. The molecule has 5 heteroatoms. The first-order chi connectivity index (χ1) is 6.68. The molecule has 2 rings (SSSR count). The summed E-state index contributed by atoms with van der Waals surface area (Å²) in [7, 11) is -2.09. The SMILES string of the molecule is O=S1(=Nc2ccnc(F)c2)CCCC1. The van der Waals surface area contributed by atoms with Crippen LogP contribution in [0.5, 0.6) is 0 Å². The standard InChI is InChI=1S/C9H11FN2OS/c10-9-7-8(3-4-11-9)12-14(13)5-1-2-6-14/h3-4,7H,1-2,5-6H2. The Balaban J connectivity index is 2.37. The first-order valence-electron chi connectivity index (χ1n) is 4.52. The van der Waals surface area contributed by atoms with Crippen molar-refractivity contribution in [1.29, 1.82) is 0 Å². The quantitative estimate of drug-likeness (QED) is 0.672. The second kappa shape index (κ2) is 3.65. The minimum Gasteiger partial charge on any atom is -0.249 e. The van der Waals surface area contributed by atoms with E-state index in [1.807, 2.05) is 0 Å².